The fourth-order valence-electron chi connectivity index (χ4n) is 1.11. The van der Waals surface area contributed by atoms with E-state index in [9.17, 15) is 4.79 Å². The molecule has 0 amide bonds. The number of carbonyl (C=O) groups is 1. The second-order valence-electron chi connectivity index (χ2n) is 2.92. The molecule has 0 aliphatic rings. The molecule has 0 spiro atoms. The van der Waals surface area contributed by atoms with Crippen molar-refractivity contribution in [3.8, 4) is 0 Å². The zero-order chi connectivity index (χ0) is 11.4. The van der Waals surface area contributed by atoms with E-state index in [4.69, 9.17) is 9.63 Å². The van der Waals surface area contributed by atoms with E-state index in [0.717, 1.165) is 5.03 Å². The van der Waals surface area contributed by atoms with Crippen LogP contribution in [0, 0.1) is 0 Å². The summed E-state index contributed by atoms with van der Waals surface area (Å²) in [6, 6.07) is 5.54. The number of nitrogens with zero attached hydrogens (tertiary/aromatic N) is 2. The van der Waals surface area contributed by atoms with Crippen LogP contribution in [0.3, 0.4) is 0 Å². The highest BCUT2D eigenvalue weighted by Crippen LogP contribution is 2.22. The average molecular weight is 236 g/mol. The first kappa shape index (κ1) is 10.7. The van der Waals surface area contributed by atoms with Crippen LogP contribution in [0.4, 0.5) is 0 Å². The Kier molecular flexibility index (Phi) is 3.21. The number of pyridine rings is 1. The molecule has 0 saturated heterocycles. The van der Waals surface area contributed by atoms with Gasteiger partial charge in [0, 0.05) is 6.20 Å². The van der Waals surface area contributed by atoms with Crippen LogP contribution in [0.15, 0.2) is 40.1 Å². The minimum atomic E-state index is -1.03. The van der Waals surface area contributed by atoms with Crippen molar-refractivity contribution in [2.45, 2.75) is 10.8 Å². The lowest BCUT2D eigenvalue weighted by molar-refractivity contribution is 0.0695. The molecule has 0 atom stereocenters. The van der Waals surface area contributed by atoms with Gasteiger partial charge >= 0.3 is 5.97 Å². The smallest absolute Gasteiger partial charge is 0.341 e. The van der Waals surface area contributed by atoms with Gasteiger partial charge in [0.15, 0.2) is 5.76 Å². The van der Waals surface area contributed by atoms with Crippen molar-refractivity contribution >= 4 is 17.7 Å². The molecule has 2 aromatic rings. The Morgan fingerprint density at radius 1 is 1.50 bits per heavy atom. The van der Waals surface area contributed by atoms with Crippen LogP contribution in [-0.2, 0) is 5.75 Å². The number of aromatic nitrogens is 2. The maximum Gasteiger partial charge on any atom is 0.341 e. The molecule has 0 radical (unpaired) electrons. The third-order valence-corrected chi connectivity index (χ3v) is 2.81. The van der Waals surface area contributed by atoms with Crippen LogP contribution >= 0.6 is 11.8 Å². The molecule has 2 heterocycles. The van der Waals surface area contributed by atoms with Gasteiger partial charge in [0.2, 0.25) is 0 Å². The van der Waals surface area contributed by atoms with Crippen molar-refractivity contribution in [3.63, 3.8) is 0 Å². The highest BCUT2D eigenvalue weighted by Gasteiger charge is 2.14. The van der Waals surface area contributed by atoms with Crippen LogP contribution in [0.2, 0.25) is 0 Å². The number of hydrogen-bond donors (Lipinski definition) is 1. The topological polar surface area (TPSA) is 76.2 Å². The molecule has 5 nitrogen and oxygen atoms in total. The molecule has 1 N–H and O–H groups in total. The summed E-state index contributed by atoms with van der Waals surface area (Å²) in [5.74, 6) is -0.278. The third-order valence-electron chi connectivity index (χ3n) is 1.86. The molecule has 82 valence electrons. The zero-order valence-corrected chi connectivity index (χ0v) is 8.98. The fraction of sp³-hybridized carbons (Fsp3) is 0.100. The van der Waals surface area contributed by atoms with E-state index in [1.54, 1.807) is 6.20 Å². The Labute approximate surface area is 95.5 Å². The van der Waals surface area contributed by atoms with E-state index in [1.165, 1.54) is 18.0 Å². The summed E-state index contributed by atoms with van der Waals surface area (Å²) >= 11 is 1.40. The molecule has 6 heteroatoms. The predicted molar refractivity (Wildman–Crippen MR) is 57.3 cm³/mol. The van der Waals surface area contributed by atoms with Gasteiger partial charge in [-0.3, -0.25) is 0 Å². The first-order chi connectivity index (χ1) is 7.77. The summed E-state index contributed by atoms with van der Waals surface area (Å²) in [5.41, 5.74) is 0.100. The molecule has 0 aliphatic heterocycles. The Morgan fingerprint density at radius 2 is 2.38 bits per heavy atom. The Morgan fingerprint density at radius 3 is 3.06 bits per heavy atom. The summed E-state index contributed by atoms with van der Waals surface area (Å²) in [5, 5.41) is 13.1. The molecular formula is C10H8N2O3S. The van der Waals surface area contributed by atoms with Crippen LogP contribution in [0.1, 0.15) is 16.1 Å². The van der Waals surface area contributed by atoms with E-state index >= 15 is 0 Å². The van der Waals surface area contributed by atoms with E-state index < -0.39 is 5.97 Å². The summed E-state index contributed by atoms with van der Waals surface area (Å²) in [6.45, 7) is 0. The molecule has 2 aromatic heterocycles. The second kappa shape index (κ2) is 4.80. The van der Waals surface area contributed by atoms with E-state index in [-0.39, 0.29) is 5.56 Å². The predicted octanol–water partition coefficient (Wildman–Crippen LogP) is 2.06. The van der Waals surface area contributed by atoms with Gasteiger partial charge in [0.25, 0.3) is 0 Å². The third kappa shape index (κ3) is 2.40. The molecule has 16 heavy (non-hydrogen) atoms. The van der Waals surface area contributed by atoms with Gasteiger partial charge in [-0.15, -0.1) is 0 Å². The molecule has 0 fully saturated rings. The fourth-order valence-corrected chi connectivity index (χ4v) is 1.91. The van der Waals surface area contributed by atoms with Gasteiger partial charge in [-0.1, -0.05) is 23.0 Å². The normalized spacial score (nSPS) is 10.2. The van der Waals surface area contributed by atoms with Crippen LogP contribution in [0.25, 0.3) is 0 Å². The average Bonchev–Trinajstić information content (AvgIpc) is 2.76. The first-order valence-electron chi connectivity index (χ1n) is 4.48. The van der Waals surface area contributed by atoms with Crippen LogP contribution in [-0.4, -0.2) is 21.2 Å². The van der Waals surface area contributed by atoms with Crippen molar-refractivity contribution < 1.29 is 14.4 Å². The summed E-state index contributed by atoms with van der Waals surface area (Å²) in [7, 11) is 0. The lowest BCUT2D eigenvalue weighted by atomic mass is 10.3. The summed E-state index contributed by atoms with van der Waals surface area (Å²) in [4.78, 5) is 14.9. The Hall–Kier alpha value is -1.82. The van der Waals surface area contributed by atoms with Gasteiger partial charge in [0.1, 0.15) is 5.56 Å². The summed E-state index contributed by atoms with van der Waals surface area (Å²) in [6.07, 6.45) is 2.89. The molecule has 2 rings (SSSR count). The zero-order valence-electron chi connectivity index (χ0n) is 8.16. The van der Waals surface area contributed by atoms with E-state index in [2.05, 4.69) is 10.1 Å². The van der Waals surface area contributed by atoms with Crippen molar-refractivity contribution in [1.29, 1.82) is 0 Å². The number of thioether (sulfide) groups is 1. The molecule has 0 bridgehead atoms. The molecular weight excluding hydrogens is 228 g/mol. The number of rotatable bonds is 4. The highest BCUT2D eigenvalue weighted by atomic mass is 32.2. The minimum absolute atomic E-state index is 0.100. The van der Waals surface area contributed by atoms with E-state index in [1.807, 2.05) is 18.2 Å². The molecule has 0 saturated carbocycles. The van der Waals surface area contributed by atoms with E-state index in [0.29, 0.717) is 11.5 Å². The number of carboxylic acid groups (broad SMARTS) is 1. The van der Waals surface area contributed by atoms with Crippen LogP contribution < -0.4 is 0 Å². The summed E-state index contributed by atoms with van der Waals surface area (Å²) < 4.78 is 4.87. The Bertz CT molecular complexity index is 484. The number of carboxylic acids is 1. The lowest BCUT2D eigenvalue weighted by Crippen LogP contribution is -1.97. The van der Waals surface area contributed by atoms with Crippen molar-refractivity contribution in [1.82, 2.24) is 10.1 Å². The first-order valence-corrected chi connectivity index (χ1v) is 5.46. The molecule has 0 unspecified atom stereocenters. The van der Waals surface area contributed by atoms with Crippen molar-refractivity contribution in [2.75, 3.05) is 0 Å². The maximum atomic E-state index is 10.8. The van der Waals surface area contributed by atoms with Gasteiger partial charge in [-0.2, -0.15) is 0 Å². The second-order valence-corrected chi connectivity index (χ2v) is 3.92. The SMILES string of the molecule is O=C(O)c1cnoc1CSc1ccccn1. The number of hydrogen-bond acceptors (Lipinski definition) is 5. The quantitative estimate of drug-likeness (QED) is 0.819. The standard InChI is InChI=1S/C10H8N2O3S/c13-10(14)7-5-12-15-8(7)6-16-9-3-1-2-4-11-9/h1-5H,6H2,(H,13,14). The molecule has 0 aromatic carbocycles. The van der Waals surface area contributed by atoms with Gasteiger partial charge in [-0.25, -0.2) is 9.78 Å². The maximum absolute atomic E-state index is 10.8. The number of aromatic carboxylic acids is 1. The largest absolute Gasteiger partial charge is 0.478 e. The van der Waals surface area contributed by atoms with Gasteiger partial charge in [0.05, 0.1) is 17.0 Å². The van der Waals surface area contributed by atoms with Crippen molar-refractivity contribution in [2.24, 2.45) is 0 Å². The highest BCUT2D eigenvalue weighted by molar-refractivity contribution is 7.98. The van der Waals surface area contributed by atoms with Gasteiger partial charge < -0.3 is 9.63 Å². The van der Waals surface area contributed by atoms with Crippen LogP contribution in [0.5, 0.6) is 0 Å². The molecule has 0 aliphatic carbocycles. The minimum Gasteiger partial charge on any atom is -0.478 e. The Balaban J connectivity index is 2.05. The monoisotopic (exact) mass is 236 g/mol. The van der Waals surface area contributed by atoms with Gasteiger partial charge in [-0.05, 0) is 12.1 Å². The van der Waals surface area contributed by atoms with Crippen molar-refractivity contribution in [3.05, 3.63) is 41.9 Å². The lowest BCUT2D eigenvalue weighted by Gasteiger charge is -1.97.